The first-order chi connectivity index (χ1) is 6.47. The Kier molecular flexibility index (Phi) is 4.45. The molecule has 0 aromatic carbocycles. The molecule has 0 aromatic rings. The van der Waals surface area contributed by atoms with Gasteiger partial charge in [-0.25, -0.2) is 0 Å². The van der Waals surface area contributed by atoms with Crippen molar-refractivity contribution >= 4 is 15.9 Å². The molecule has 0 aromatic heterocycles. The maximum Gasteiger partial charge on any atom is 0.0598 e. The van der Waals surface area contributed by atoms with Crippen LogP contribution in [0.4, 0.5) is 0 Å². The quantitative estimate of drug-likeness (QED) is 0.692. The van der Waals surface area contributed by atoms with E-state index in [1.54, 1.807) is 0 Å². The number of halogens is 1. The zero-order valence-electron chi connectivity index (χ0n) is 9.74. The van der Waals surface area contributed by atoms with Gasteiger partial charge >= 0.3 is 0 Å². The zero-order valence-corrected chi connectivity index (χ0v) is 11.3. The average molecular weight is 263 g/mol. The first-order valence-corrected chi connectivity index (χ1v) is 6.80. The summed E-state index contributed by atoms with van der Waals surface area (Å²) in [6.07, 6.45) is 6.79. The fraction of sp³-hybridized carbons (Fsp3) is 1.00. The van der Waals surface area contributed by atoms with Crippen LogP contribution in [-0.2, 0) is 4.74 Å². The summed E-state index contributed by atoms with van der Waals surface area (Å²) in [7, 11) is 0. The van der Waals surface area contributed by atoms with Crippen molar-refractivity contribution < 1.29 is 4.74 Å². The minimum absolute atomic E-state index is 0.0199. The predicted molar refractivity (Wildman–Crippen MR) is 65.0 cm³/mol. The van der Waals surface area contributed by atoms with Gasteiger partial charge in [0.1, 0.15) is 0 Å². The van der Waals surface area contributed by atoms with E-state index in [1.807, 2.05) is 0 Å². The van der Waals surface area contributed by atoms with Crippen LogP contribution in [0.2, 0.25) is 0 Å². The predicted octanol–water partition coefficient (Wildman–Crippen LogP) is 4.15. The molecule has 0 unspecified atom stereocenters. The van der Waals surface area contributed by atoms with Gasteiger partial charge in [0, 0.05) is 11.9 Å². The van der Waals surface area contributed by atoms with E-state index >= 15 is 0 Å². The van der Waals surface area contributed by atoms with E-state index in [0.717, 1.165) is 11.9 Å². The van der Waals surface area contributed by atoms with Crippen molar-refractivity contribution in [2.45, 2.75) is 58.5 Å². The third-order valence-corrected chi connectivity index (χ3v) is 4.30. The Balaban J connectivity index is 2.28. The number of hydrogen-bond donors (Lipinski definition) is 0. The number of rotatable bonds is 4. The largest absolute Gasteiger partial charge is 0.376 e. The van der Waals surface area contributed by atoms with Crippen LogP contribution in [0.3, 0.4) is 0 Å². The monoisotopic (exact) mass is 262 g/mol. The molecule has 1 nitrogen and oxygen atoms in total. The Morgan fingerprint density at radius 1 is 1.21 bits per heavy atom. The standard InChI is InChI=1S/C12H23BrO/c1-11(2,3)14-9-8-12(10-13)6-4-5-7-12/h4-10H2,1-3H3. The summed E-state index contributed by atoms with van der Waals surface area (Å²) < 4.78 is 5.80. The van der Waals surface area contributed by atoms with E-state index in [9.17, 15) is 0 Å². The minimum atomic E-state index is 0.0199. The molecule has 0 atom stereocenters. The summed E-state index contributed by atoms with van der Waals surface area (Å²) in [6.45, 7) is 7.29. The van der Waals surface area contributed by atoms with Crippen LogP contribution >= 0.6 is 15.9 Å². The second kappa shape index (κ2) is 4.98. The van der Waals surface area contributed by atoms with Crippen molar-refractivity contribution in [3.63, 3.8) is 0 Å². The average Bonchev–Trinajstić information content (AvgIpc) is 2.52. The molecule has 0 radical (unpaired) electrons. The van der Waals surface area contributed by atoms with Gasteiger partial charge in [-0.2, -0.15) is 0 Å². The van der Waals surface area contributed by atoms with Crippen molar-refractivity contribution in [2.75, 3.05) is 11.9 Å². The lowest BCUT2D eigenvalue weighted by Crippen LogP contribution is -2.25. The molecule has 1 fully saturated rings. The van der Waals surface area contributed by atoms with Crippen LogP contribution in [0, 0.1) is 5.41 Å². The van der Waals surface area contributed by atoms with Crippen molar-refractivity contribution in [3.05, 3.63) is 0 Å². The second-order valence-electron chi connectivity index (χ2n) is 5.55. The first kappa shape index (κ1) is 12.5. The van der Waals surface area contributed by atoms with Gasteiger partial charge in [0.25, 0.3) is 0 Å². The van der Waals surface area contributed by atoms with E-state index in [1.165, 1.54) is 32.1 Å². The molecule has 0 bridgehead atoms. The van der Waals surface area contributed by atoms with Crippen molar-refractivity contribution in [1.82, 2.24) is 0 Å². The number of alkyl halides is 1. The summed E-state index contributed by atoms with van der Waals surface area (Å²) in [5.74, 6) is 0. The van der Waals surface area contributed by atoms with Gasteiger partial charge in [0.05, 0.1) is 5.60 Å². The van der Waals surface area contributed by atoms with E-state index in [-0.39, 0.29) is 5.60 Å². The Bertz CT molecular complexity index is 166. The van der Waals surface area contributed by atoms with Gasteiger partial charge in [-0.05, 0) is 45.4 Å². The molecule has 84 valence electrons. The summed E-state index contributed by atoms with van der Waals surface area (Å²) in [5.41, 5.74) is 0.567. The van der Waals surface area contributed by atoms with Crippen LogP contribution in [0.25, 0.3) is 0 Å². The smallest absolute Gasteiger partial charge is 0.0598 e. The highest BCUT2D eigenvalue weighted by Gasteiger charge is 2.32. The lowest BCUT2D eigenvalue weighted by molar-refractivity contribution is -0.0159. The molecule has 0 N–H and O–H groups in total. The second-order valence-corrected chi connectivity index (χ2v) is 6.11. The van der Waals surface area contributed by atoms with Gasteiger partial charge in [0.2, 0.25) is 0 Å². The maximum atomic E-state index is 5.80. The van der Waals surface area contributed by atoms with Crippen molar-refractivity contribution in [2.24, 2.45) is 5.41 Å². The van der Waals surface area contributed by atoms with Crippen LogP contribution in [-0.4, -0.2) is 17.5 Å². The molecule has 0 spiro atoms. The lowest BCUT2D eigenvalue weighted by atomic mass is 9.85. The summed E-state index contributed by atoms with van der Waals surface area (Å²) >= 11 is 3.66. The fourth-order valence-corrected chi connectivity index (χ4v) is 2.99. The van der Waals surface area contributed by atoms with Crippen molar-refractivity contribution in [1.29, 1.82) is 0 Å². The third-order valence-electron chi connectivity index (χ3n) is 3.12. The summed E-state index contributed by atoms with van der Waals surface area (Å²) in [5, 5.41) is 1.15. The SMILES string of the molecule is CC(C)(C)OCCC1(CBr)CCCC1. The fourth-order valence-electron chi connectivity index (χ4n) is 2.15. The Labute approximate surface area is 96.7 Å². The molecule has 1 saturated carbocycles. The van der Waals surface area contributed by atoms with Gasteiger partial charge in [-0.3, -0.25) is 0 Å². The molecule has 0 saturated heterocycles. The number of hydrogen-bond acceptors (Lipinski definition) is 1. The van der Waals surface area contributed by atoms with E-state index in [2.05, 4.69) is 36.7 Å². The third kappa shape index (κ3) is 3.90. The number of ether oxygens (including phenoxy) is 1. The molecule has 14 heavy (non-hydrogen) atoms. The molecule has 1 rings (SSSR count). The maximum absolute atomic E-state index is 5.80. The first-order valence-electron chi connectivity index (χ1n) is 5.67. The molecular formula is C12H23BrO. The Morgan fingerprint density at radius 2 is 1.79 bits per heavy atom. The van der Waals surface area contributed by atoms with Crippen LogP contribution in [0.1, 0.15) is 52.9 Å². The van der Waals surface area contributed by atoms with Gasteiger partial charge in [-0.1, -0.05) is 28.8 Å². The van der Waals surface area contributed by atoms with E-state index in [4.69, 9.17) is 4.74 Å². The molecule has 0 amide bonds. The highest BCUT2D eigenvalue weighted by atomic mass is 79.9. The van der Waals surface area contributed by atoms with Crippen LogP contribution in [0.5, 0.6) is 0 Å². The highest BCUT2D eigenvalue weighted by molar-refractivity contribution is 9.09. The minimum Gasteiger partial charge on any atom is -0.376 e. The Morgan fingerprint density at radius 3 is 2.21 bits per heavy atom. The van der Waals surface area contributed by atoms with E-state index in [0.29, 0.717) is 5.41 Å². The molecule has 2 heteroatoms. The lowest BCUT2D eigenvalue weighted by Gasteiger charge is -2.28. The topological polar surface area (TPSA) is 9.23 Å². The Hall–Kier alpha value is 0.440. The summed E-state index contributed by atoms with van der Waals surface area (Å²) in [6, 6.07) is 0. The molecular weight excluding hydrogens is 240 g/mol. The molecule has 1 aliphatic rings. The summed E-state index contributed by atoms with van der Waals surface area (Å²) in [4.78, 5) is 0. The normalized spacial score (nSPS) is 21.4. The van der Waals surface area contributed by atoms with Crippen LogP contribution < -0.4 is 0 Å². The zero-order chi connectivity index (χ0) is 10.7. The highest BCUT2D eigenvalue weighted by Crippen LogP contribution is 2.42. The van der Waals surface area contributed by atoms with Gasteiger partial charge < -0.3 is 4.74 Å². The van der Waals surface area contributed by atoms with Crippen LogP contribution in [0.15, 0.2) is 0 Å². The molecule has 1 aliphatic carbocycles. The molecule has 0 heterocycles. The van der Waals surface area contributed by atoms with Gasteiger partial charge in [-0.15, -0.1) is 0 Å². The van der Waals surface area contributed by atoms with E-state index < -0.39 is 0 Å². The van der Waals surface area contributed by atoms with Gasteiger partial charge in [0.15, 0.2) is 0 Å². The van der Waals surface area contributed by atoms with Crippen molar-refractivity contribution in [3.8, 4) is 0 Å². The molecule has 0 aliphatic heterocycles.